The molecule has 0 aromatic heterocycles. The number of nitrogens with zero attached hydrogens (tertiary/aromatic N) is 1. The summed E-state index contributed by atoms with van der Waals surface area (Å²) in [5, 5.41) is 3.15. The Labute approximate surface area is 194 Å². The van der Waals surface area contributed by atoms with E-state index in [4.69, 9.17) is 14.2 Å². The van der Waals surface area contributed by atoms with Gasteiger partial charge in [-0.25, -0.2) is 0 Å². The first-order valence-electron chi connectivity index (χ1n) is 11.7. The lowest BCUT2D eigenvalue weighted by atomic mass is 9.89. The van der Waals surface area contributed by atoms with Crippen molar-refractivity contribution in [1.82, 2.24) is 10.2 Å². The Morgan fingerprint density at radius 1 is 1.09 bits per heavy atom. The summed E-state index contributed by atoms with van der Waals surface area (Å²) in [6.07, 6.45) is 1.80. The van der Waals surface area contributed by atoms with Crippen molar-refractivity contribution < 1.29 is 23.8 Å². The van der Waals surface area contributed by atoms with Crippen molar-refractivity contribution in [2.75, 3.05) is 33.5 Å². The van der Waals surface area contributed by atoms with Crippen LogP contribution in [-0.2, 0) is 25.5 Å². The van der Waals surface area contributed by atoms with Gasteiger partial charge in [0.15, 0.2) is 0 Å². The zero-order valence-corrected chi connectivity index (χ0v) is 18.9. The lowest BCUT2D eigenvalue weighted by Gasteiger charge is -2.40. The number of fused-ring (bicyclic) bond motifs is 2. The van der Waals surface area contributed by atoms with Crippen LogP contribution in [-0.4, -0.2) is 56.2 Å². The molecule has 1 N–H and O–H groups in total. The summed E-state index contributed by atoms with van der Waals surface area (Å²) in [6.45, 7) is 2.28. The molecule has 0 saturated carbocycles. The molecule has 0 spiro atoms. The second-order valence-electron chi connectivity index (χ2n) is 9.00. The van der Waals surface area contributed by atoms with Gasteiger partial charge in [0.1, 0.15) is 24.5 Å². The summed E-state index contributed by atoms with van der Waals surface area (Å²) in [7, 11) is 1.64. The van der Waals surface area contributed by atoms with E-state index in [0.717, 1.165) is 35.3 Å². The molecule has 7 nitrogen and oxygen atoms in total. The van der Waals surface area contributed by atoms with Gasteiger partial charge in [0.05, 0.1) is 12.5 Å². The van der Waals surface area contributed by atoms with Crippen LogP contribution in [0.5, 0.6) is 5.75 Å². The van der Waals surface area contributed by atoms with E-state index >= 15 is 0 Å². The number of para-hydroxylation sites is 1. The van der Waals surface area contributed by atoms with Crippen molar-refractivity contribution in [3.05, 3.63) is 65.2 Å². The van der Waals surface area contributed by atoms with Crippen molar-refractivity contribution >= 4 is 11.8 Å². The molecule has 1 saturated heterocycles. The van der Waals surface area contributed by atoms with E-state index in [1.807, 2.05) is 48.5 Å². The quantitative estimate of drug-likeness (QED) is 0.758. The van der Waals surface area contributed by atoms with E-state index in [1.54, 1.807) is 12.0 Å². The molecule has 3 atom stereocenters. The average Bonchev–Trinajstić information content (AvgIpc) is 2.85. The van der Waals surface area contributed by atoms with Gasteiger partial charge in [-0.05, 0) is 36.0 Å². The second kappa shape index (κ2) is 9.53. The van der Waals surface area contributed by atoms with Crippen LogP contribution in [0.15, 0.2) is 48.5 Å². The summed E-state index contributed by atoms with van der Waals surface area (Å²) in [5.74, 6) is 0.903. The number of benzene rings is 2. The first-order valence-corrected chi connectivity index (χ1v) is 11.7. The summed E-state index contributed by atoms with van der Waals surface area (Å²) < 4.78 is 17.2. The van der Waals surface area contributed by atoms with Gasteiger partial charge in [0.2, 0.25) is 11.8 Å². The number of carbonyl (C=O) groups is 2. The fourth-order valence-corrected chi connectivity index (χ4v) is 5.24. The van der Waals surface area contributed by atoms with Gasteiger partial charge in [-0.1, -0.05) is 42.5 Å². The minimum absolute atomic E-state index is 0.00567. The van der Waals surface area contributed by atoms with Crippen LogP contribution in [0.25, 0.3) is 0 Å². The summed E-state index contributed by atoms with van der Waals surface area (Å²) in [5.41, 5.74) is 2.72. The highest BCUT2D eigenvalue weighted by molar-refractivity contribution is 5.92. The molecule has 3 aliphatic heterocycles. The fraction of sp³-hybridized carbons (Fsp3) is 0.462. The first-order chi connectivity index (χ1) is 16.2. The monoisotopic (exact) mass is 450 g/mol. The number of methoxy groups -OCH3 is 1. The standard InChI is InChI=1S/C26H30N2O5/c1-31-25-20-8-4-5-9-22(20)33-16-21(25)27-26(30)24-19-7-3-2-6-18(19)14-23(29)28(24)15-17-10-12-32-13-11-17/h2-9,17,21,24-25H,10-16H2,1H3,(H,27,30)/t21-,24?,25-/m1/s1. The number of ether oxygens (including phenoxy) is 3. The minimum Gasteiger partial charge on any atom is -0.491 e. The zero-order chi connectivity index (χ0) is 22.8. The van der Waals surface area contributed by atoms with Crippen LogP contribution in [0.4, 0.5) is 0 Å². The van der Waals surface area contributed by atoms with Crippen LogP contribution < -0.4 is 10.1 Å². The third kappa shape index (κ3) is 4.35. The molecule has 2 aromatic rings. The highest BCUT2D eigenvalue weighted by Crippen LogP contribution is 2.36. The van der Waals surface area contributed by atoms with E-state index in [2.05, 4.69) is 5.32 Å². The lowest BCUT2D eigenvalue weighted by Crippen LogP contribution is -2.53. The molecule has 33 heavy (non-hydrogen) atoms. The number of carbonyl (C=O) groups excluding carboxylic acids is 2. The van der Waals surface area contributed by atoms with Gasteiger partial charge in [0, 0.05) is 32.4 Å². The van der Waals surface area contributed by atoms with Crippen molar-refractivity contribution in [2.24, 2.45) is 5.92 Å². The Balaban J connectivity index is 1.41. The van der Waals surface area contributed by atoms with Crippen LogP contribution in [0.2, 0.25) is 0 Å². The molecular weight excluding hydrogens is 420 g/mol. The topological polar surface area (TPSA) is 77.1 Å². The summed E-state index contributed by atoms with van der Waals surface area (Å²) in [6, 6.07) is 14.4. The van der Waals surface area contributed by atoms with Crippen LogP contribution in [0, 0.1) is 5.92 Å². The maximum Gasteiger partial charge on any atom is 0.247 e. The van der Waals surface area contributed by atoms with Crippen molar-refractivity contribution in [3.8, 4) is 5.75 Å². The Morgan fingerprint density at radius 2 is 1.82 bits per heavy atom. The second-order valence-corrected chi connectivity index (χ2v) is 9.00. The molecule has 174 valence electrons. The predicted octanol–water partition coefficient (Wildman–Crippen LogP) is 2.80. The average molecular weight is 451 g/mol. The number of amides is 2. The predicted molar refractivity (Wildman–Crippen MR) is 122 cm³/mol. The van der Waals surface area contributed by atoms with Gasteiger partial charge >= 0.3 is 0 Å². The SMILES string of the molecule is CO[C@@H]1c2ccccc2OC[C@H]1NC(=O)C1c2ccccc2CC(=O)N1CC1CCOCC1. The molecule has 7 heteroatoms. The molecule has 1 fully saturated rings. The Kier molecular flexibility index (Phi) is 6.33. The van der Waals surface area contributed by atoms with E-state index in [-0.39, 0.29) is 24.0 Å². The number of hydrogen-bond donors (Lipinski definition) is 1. The van der Waals surface area contributed by atoms with E-state index in [0.29, 0.717) is 38.7 Å². The molecule has 1 unspecified atom stereocenters. The lowest BCUT2D eigenvalue weighted by molar-refractivity contribution is -0.143. The summed E-state index contributed by atoms with van der Waals surface area (Å²) >= 11 is 0. The number of nitrogens with one attached hydrogen (secondary N) is 1. The molecule has 3 aliphatic rings. The van der Waals surface area contributed by atoms with Gasteiger partial charge in [-0.2, -0.15) is 0 Å². The van der Waals surface area contributed by atoms with Crippen LogP contribution in [0.1, 0.15) is 41.7 Å². The Hall–Kier alpha value is -2.90. The number of rotatable bonds is 5. The van der Waals surface area contributed by atoms with Crippen molar-refractivity contribution in [3.63, 3.8) is 0 Å². The fourth-order valence-electron chi connectivity index (χ4n) is 5.24. The molecule has 2 aromatic carbocycles. The Bertz CT molecular complexity index is 1020. The largest absolute Gasteiger partial charge is 0.491 e. The van der Waals surface area contributed by atoms with E-state index < -0.39 is 6.04 Å². The number of hydrogen-bond acceptors (Lipinski definition) is 5. The smallest absolute Gasteiger partial charge is 0.247 e. The molecule has 0 radical (unpaired) electrons. The van der Waals surface area contributed by atoms with Gasteiger partial charge in [-0.3, -0.25) is 9.59 Å². The third-order valence-electron chi connectivity index (χ3n) is 6.96. The third-order valence-corrected chi connectivity index (χ3v) is 6.96. The van der Waals surface area contributed by atoms with Crippen molar-refractivity contribution in [2.45, 2.75) is 37.5 Å². The van der Waals surface area contributed by atoms with Gasteiger partial charge in [0.25, 0.3) is 0 Å². The Morgan fingerprint density at radius 3 is 2.61 bits per heavy atom. The molecular formula is C26H30N2O5. The molecule has 0 bridgehead atoms. The molecule has 3 heterocycles. The zero-order valence-electron chi connectivity index (χ0n) is 18.9. The maximum absolute atomic E-state index is 13.8. The minimum atomic E-state index is -0.667. The van der Waals surface area contributed by atoms with Gasteiger partial charge in [-0.15, -0.1) is 0 Å². The van der Waals surface area contributed by atoms with Crippen LogP contribution in [0.3, 0.4) is 0 Å². The normalized spacial score (nSPS) is 25.1. The van der Waals surface area contributed by atoms with Crippen molar-refractivity contribution in [1.29, 1.82) is 0 Å². The first kappa shape index (κ1) is 21.9. The highest BCUT2D eigenvalue weighted by atomic mass is 16.5. The summed E-state index contributed by atoms with van der Waals surface area (Å²) in [4.78, 5) is 28.7. The van der Waals surface area contributed by atoms with Crippen LogP contribution >= 0.6 is 0 Å². The molecule has 5 rings (SSSR count). The molecule has 0 aliphatic carbocycles. The highest BCUT2D eigenvalue weighted by Gasteiger charge is 2.41. The van der Waals surface area contributed by atoms with E-state index in [1.165, 1.54) is 0 Å². The van der Waals surface area contributed by atoms with E-state index in [9.17, 15) is 9.59 Å². The molecule has 2 amide bonds. The maximum atomic E-state index is 13.8. The van der Waals surface area contributed by atoms with Gasteiger partial charge < -0.3 is 24.4 Å².